The van der Waals surface area contributed by atoms with Gasteiger partial charge in [-0.25, -0.2) is 27.5 Å². The van der Waals surface area contributed by atoms with Crippen LogP contribution in [0.5, 0.6) is 0 Å². The van der Waals surface area contributed by atoms with Crippen LogP contribution in [0.2, 0.25) is 0 Å². The molecule has 0 saturated heterocycles. The Morgan fingerprint density at radius 1 is 1.10 bits per heavy atom. The Bertz CT molecular complexity index is 1320. The number of anilines is 1. The van der Waals surface area contributed by atoms with Crippen molar-refractivity contribution in [3.63, 3.8) is 0 Å². The second-order valence-corrected chi connectivity index (χ2v) is 8.25. The van der Waals surface area contributed by atoms with E-state index in [1.165, 1.54) is 31.6 Å². The standard InChI is InChI=1S/C19H17FN6O3S/c1-11-25-17(26-29-11)9-22-19-15-7-13(12-3-5-14(20)6-4-12)8-16(30(27,28)21-2)18(15)23-10-24-19/h3-8,10,21H,9H2,1-2H3,(H,22,23,24). The van der Waals surface area contributed by atoms with Crippen LogP contribution < -0.4 is 10.0 Å². The van der Waals surface area contributed by atoms with Crippen LogP contribution in [0.4, 0.5) is 10.2 Å². The number of nitrogens with one attached hydrogen (secondary N) is 2. The van der Waals surface area contributed by atoms with Gasteiger partial charge in [0.15, 0.2) is 5.82 Å². The fourth-order valence-electron chi connectivity index (χ4n) is 2.98. The summed E-state index contributed by atoms with van der Waals surface area (Å²) in [7, 11) is -2.50. The molecule has 0 spiro atoms. The van der Waals surface area contributed by atoms with E-state index in [2.05, 4.69) is 30.1 Å². The van der Waals surface area contributed by atoms with Crippen LogP contribution in [0.1, 0.15) is 11.7 Å². The van der Waals surface area contributed by atoms with Crippen LogP contribution in [-0.2, 0) is 16.6 Å². The summed E-state index contributed by atoms with van der Waals surface area (Å²) in [5.74, 6) is 0.875. The Morgan fingerprint density at radius 3 is 2.53 bits per heavy atom. The van der Waals surface area contributed by atoms with Crippen LogP contribution in [0.3, 0.4) is 0 Å². The Hall–Kier alpha value is -3.44. The van der Waals surface area contributed by atoms with E-state index in [1.54, 1.807) is 25.1 Å². The van der Waals surface area contributed by atoms with Crippen LogP contribution in [-0.4, -0.2) is 35.6 Å². The molecular weight excluding hydrogens is 411 g/mol. The fraction of sp³-hybridized carbons (Fsp3) is 0.158. The molecule has 0 unspecified atom stereocenters. The molecule has 4 rings (SSSR count). The highest BCUT2D eigenvalue weighted by molar-refractivity contribution is 7.89. The number of halogens is 1. The van der Waals surface area contributed by atoms with Gasteiger partial charge in [-0.2, -0.15) is 4.98 Å². The lowest BCUT2D eigenvalue weighted by Crippen LogP contribution is -2.19. The average Bonchev–Trinajstić information content (AvgIpc) is 3.17. The number of benzene rings is 2. The molecule has 9 nitrogen and oxygen atoms in total. The summed E-state index contributed by atoms with van der Waals surface area (Å²) in [5, 5.41) is 7.39. The molecule has 0 aliphatic carbocycles. The van der Waals surface area contributed by atoms with Gasteiger partial charge in [0, 0.05) is 12.3 Å². The lowest BCUT2D eigenvalue weighted by atomic mass is 10.0. The first-order valence-corrected chi connectivity index (χ1v) is 10.4. The van der Waals surface area contributed by atoms with Crippen molar-refractivity contribution in [3.8, 4) is 11.1 Å². The quantitative estimate of drug-likeness (QED) is 0.480. The number of fused-ring (bicyclic) bond motifs is 1. The smallest absolute Gasteiger partial charge is 0.242 e. The average molecular weight is 428 g/mol. The Morgan fingerprint density at radius 2 is 1.87 bits per heavy atom. The summed E-state index contributed by atoms with van der Waals surface area (Å²) in [6, 6.07) is 9.02. The van der Waals surface area contributed by atoms with Crippen LogP contribution >= 0.6 is 0 Å². The highest BCUT2D eigenvalue weighted by atomic mass is 32.2. The number of aromatic nitrogens is 4. The molecule has 0 radical (unpaired) electrons. The summed E-state index contributed by atoms with van der Waals surface area (Å²) in [4.78, 5) is 12.5. The number of rotatable bonds is 6. The normalized spacial score (nSPS) is 11.7. The molecule has 11 heteroatoms. The first-order valence-electron chi connectivity index (χ1n) is 8.88. The summed E-state index contributed by atoms with van der Waals surface area (Å²) < 4.78 is 45.9. The van der Waals surface area contributed by atoms with Gasteiger partial charge in [-0.3, -0.25) is 0 Å². The number of nitrogens with zero attached hydrogens (tertiary/aromatic N) is 4. The maximum Gasteiger partial charge on any atom is 0.242 e. The maximum atomic E-state index is 13.4. The lowest BCUT2D eigenvalue weighted by molar-refractivity contribution is 0.388. The van der Waals surface area contributed by atoms with Gasteiger partial charge in [-0.1, -0.05) is 17.3 Å². The third-order valence-electron chi connectivity index (χ3n) is 4.42. The van der Waals surface area contributed by atoms with Crippen molar-refractivity contribution >= 4 is 26.7 Å². The Labute approximate surface area is 171 Å². The van der Waals surface area contributed by atoms with E-state index in [0.717, 1.165) is 0 Å². The molecule has 2 heterocycles. The molecular formula is C19H17FN6O3S. The molecule has 30 heavy (non-hydrogen) atoms. The van der Waals surface area contributed by atoms with Gasteiger partial charge in [-0.15, -0.1) is 0 Å². The predicted octanol–water partition coefficient (Wildman–Crippen LogP) is 2.65. The molecule has 2 N–H and O–H groups in total. The van der Waals surface area contributed by atoms with Crippen molar-refractivity contribution in [2.24, 2.45) is 0 Å². The summed E-state index contributed by atoms with van der Waals surface area (Å²) in [5.41, 5.74) is 1.47. The van der Waals surface area contributed by atoms with Crippen LogP contribution in [0, 0.1) is 12.7 Å². The summed E-state index contributed by atoms with van der Waals surface area (Å²) in [6.07, 6.45) is 1.28. The molecule has 4 aromatic rings. The zero-order valence-electron chi connectivity index (χ0n) is 16.0. The lowest BCUT2D eigenvalue weighted by Gasteiger charge is -2.13. The summed E-state index contributed by atoms with van der Waals surface area (Å²) in [6.45, 7) is 1.90. The van der Waals surface area contributed by atoms with Gasteiger partial charge in [0.2, 0.25) is 15.9 Å². The number of aryl methyl sites for hydroxylation is 1. The fourth-order valence-corrected chi connectivity index (χ4v) is 3.90. The monoisotopic (exact) mass is 428 g/mol. The van der Waals surface area contributed by atoms with Crippen molar-refractivity contribution in [2.45, 2.75) is 18.4 Å². The van der Waals surface area contributed by atoms with Gasteiger partial charge in [0.05, 0.1) is 12.1 Å². The van der Waals surface area contributed by atoms with Gasteiger partial charge in [-0.05, 0) is 42.4 Å². The molecule has 0 saturated carbocycles. The molecule has 2 aromatic carbocycles. The molecule has 0 aliphatic rings. The van der Waals surface area contributed by atoms with Crippen LogP contribution in [0.25, 0.3) is 22.0 Å². The van der Waals surface area contributed by atoms with E-state index in [4.69, 9.17) is 4.52 Å². The summed E-state index contributed by atoms with van der Waals surface area (Å²) >= 11 is 0. The topological polar surface area (TPSA) is 123 Å². The van der Waals surface area contributed by atoms with Crippen LogP contribution in [0.15, 0.2) is 52.1 Å². The van der Waals surface area contributed by atoms with Crippen molar-refractivity contribution in [1.82, 2.24) is 24.8 Å². The molecule has 0 amide bonds. The first-order chi connectivity index (χ1) is 14.4. The number of hydrogen-bond acceptors (Lipinski definition) is 8. The van der Waals surface area contributed by atoms with E-state index >= 15 is 0 Å². The van der Waals surface area contributed by atoms with Crippen molar-refractivity contribution < 1.29 is 17.3 Å². The third-order valence-corrected chi connectivity index (χ3v) is 5.85. The molecule has 0 atom stereocenters. The number of sulfonamides is 1. The first kappa shape index (κ1) is 19.9. The van der Waals surface area contributed by atoms with Crippen molar-refractivity contribution in [3.05, 3.63) is 60.3 Å². The van der Waals surface area contributed by atoms with Gasteiger partial charge < -0.3 is 9.84 Å². The Balaban J connectivity index is 1.88. The van der Waals surface area contributed by atoms with E-state index < -0.39 is 10.0 Å². The highest BCUT2D eigenvalue weighted by Gasteiger charge is 2.20. The molecule has 0 aliphatic heterocycles. The van der Waals surface area contributed by atoms with Gasteiger partial charge in [0.25, 0.3) is 0 Å². The van der Waals surface area contributed by atoms with Crippen molar-refractivity contribution in [2.75, 3.05) is 12.4 Å². The molecule has 2 aromatic heterocycles. The van der Waals surface area contributed by atoms with E-state index in [1.807, 2.05) is 0 Å². The minimum Gasteiger partial charge on any atom is -0.362 e. The molecule has 0 bridgehead atoms. The zero-order valence-corrected chi connectivity index (χ0v) is 16.9. The van der Waals surface area contributed by atoms with E-state index in [-0.39, 0.29) is 22.8 Å². The second kappa shape index (κ2) is 7.76. The van der Waals surface area contributed by atoms with Crippen molar-refractivity contribution in [1.29, 1.82) is 0 Å². The van der Waals surface area contributed by atoms with E-state index in [0.29, 0.717) is 34.0 Å². The molecule has 154 valence electrons. The highest BCUT2D eigenvalue weighted by Crippen LogP contribution is 2.32. The zero-order chi connectivity index (χ0) is 21.3. The maximum absolute atomic E-state index is 13.4. The number of hydrogen-bond donors (Lipinski definition) is 2. The van der Waals surface area contributed by atoms with E-state index in [9.17, 15) is 12.8 Å². The predicted molar refractivity (Wildman–Crippen MR) is 108 cm³/mol. The third kappa shape index (κ3) is 3.84. The minimum atomic E-state index is -3.83. The van der Waals surface area contributed by atoms with Gasteiger partial charge in [0.1, 0.15) is 22.9 Å². The largest absolute Gasteiger partial charge is 0.362 e. The molecule has 0 fully saturated rings. The SMILES string of the molecule is CNS(=O)(=O)c1cc(-c2ccc(F)cc2)cc2c(NCc3noc(C)n3)ncnc12. The van der Waals surface area contributed by atoms with Gasteiger partial charge >= 0.3 is 0 Å². The Kier molecular flexibility index (Phi) is 5.14. The minimum absolute atomic E-state index is 0.0114. The second-order valence-electron chi connectivity index (χ2n) is 6.39.